The van der Waals surface area contributed by atoms with Crippen LogP contribution in [-0.2, 0) is 0 Å². The van der Waals surface area contributed by atoms with Gasteiger partial charge in [0, 0.05) is 0 Å². The van der Waals surface area contributed by atoms with E-state index in [4.69, 9.17) is 4.43 Å². The summed E-state index contributed by atoms with van der Waals surface area (Å²) in [5, 5.41) is 0. The smallest absolute Gasteiger partial charge is 0.242 e. The number of hydrogen-bond donors (Lipinski definition) is 0. The molecule has 0 saturated heterocycles. The van der Waals surface area contributed by atoms with E-state index in [1.54, 1.807) is 0 Å². The van der Waals surface area contributed by atoms with E-state index in [9.17, 15) is 0 Å². The van der Waals surface area contributed by atoms with Gasteiger partial charge in [0.15, 0.2) is 0 Å². The summed E-state index contributed by atoms with van der Waals surface area (Å²) in [5.41, 5.74) is 4.53. The standard InChI is InChI=1S/C18H22OSi/c1-14-13-17(11-12-18(14)19-20(3,4)5)15(2)16-9-7-6-8-10-16/h6-13H,2H2,1,3-5H3. The summed E-state index contributed by atoms with van der Waals surface area (Å²) < 4.78 is 6.08. The van der Waals surface area contributed by atoms with E-state index in [2.05, 4.69) is 63.5 Å². The zero-order valence-electron chi connectivity index (χ0n) is 12.7. The van der Waals surface area contributed by atoms with Crippen molar-refractivity contribution in [3.63, 3.8) is 0 Å². The monoisotopic (exact) mass is 282 g/mol. The molecule has 0 aliphatic carbocycles. The quantitative estimate of drug-likeness (QED) is 0.694. The van der Waals surface area contributed by atoms with Gasteiger partial charge in [0.05, 0.1) is 0 Å². The van der Waals surface area contributed by atoms with Crippen molar-refractivity contribution in [1.29, 1.82) is 0 Å². The van der Waals surface area contributed by atoms with Crippen LogP contribution < -0.4 is 4.43 Å². The molecule has 1 nitrogen and oxygen atoms in total. The third-order valence-corrected chi connectivity index (χ3v) is 3.89. The van der Waals surface area contributed by atoms with E-state index in [0.717, 1.165) is 22.4 Å². The maximum absolute atomic E-state index is 6.08. The summed E-state index contributed by atoms with van der Waals surface area (Å²) in [7, 11) is -1.56. The van der Waals surface area contributed by atoms with Crippen LogP contribution in [0.5, 0.6) is 5.75 Å². The first kappa shape index (κ1) is 14.6. The van der Waals surface area contributed by atoms with E-state index in [1.165, 1.54) is 5.56 Å². The lowest BCUT2D eigenvalue weighted by Gasteiger charge is -2.21. The zero-order chi connectivity index (χ0) is 14.8. The molecule has 2 aromatic carbocycles. The predicted molar refractivity (Wildman–Crippen MR) is 89.7 cm³/mol. The van der Waals surface area contributed by atoms with E-state index >= 15 is 0 Å². The Morgan fingerprint density at radius 2 is 1.60 bits per heavy atom. The second kappa shape index (κ2) is 5.67. The van der Waals surface area contributed by atoms with E-state index < -0.39 is 8.32 Å². The van der Waals surface area contributed by atoms with Crippen LogP contribution in [0.15, 0.2) is 55.1 Å². The SMILES string of the molecule is C=C(c1ccccc1)c1ccc(O[Si](C)(C)C)c(C)c1. The Morgan fingerprint density at radius 3 is 2.15 bits per heavy atom. The average molecular weight is 282 g/mol. The normalized spacial score (nSPS) is 11.2. The van der Waals surface area contributed by atoms with Gasteiger partial charge in [0.1, 0.15) is 5.75 Å². The summed E-state index contributed by atoms with van der Waals surface area (Å²) in [5.74, 6) is 0.994. The lowest BCUT2D eigenvalue weighted by atomic mass is 9.98. The van der Waals surface area contributed by atoms with Gasteiger partial charge < -0.3 is 4.43 Å². The molecule has 0 atom stereocenters. The maximum Gasteiger partial charge on any atom is 0.242 e. The molecule has 0 heterocycles. The van der Waals surface area contributed by atoms with Crippen LogP contribution in [0.4, 0.5) is 0 Å². The van der Waals surface area contributed by atoms with Gasteiger partial charge in [-0.15, -0.1) is 0 Å². The average Bonchev–Trinajstić information content (AvgIpc) is 2.40. The van der Waals surface area contributed by atoms with Crippen LogP contribution in [0.2, 0.25) is 19.6 Å². The predicted octanol–water partition coefficient (Wildman–Crippen LogP) is 5.27. The van der Waals surface area contributed by atoms with Crippen LogP contribution in [0.3, 0.4) is 0 Å². The van der Waals surface area contributed by atoms with Crippen LogP contribution in [0, 0.1) is 6.92 Å². The third kappa shape index (κ3) is 3.61. The van der Waals surface area contributed by atoms with Crippen molar-refractivity contribution in [2.24, 2.45) is 0 Å². The second-order valence-electron chi connectivity index (χ2n) is 6.04. The Bertz CT molecular complexity index is 609. The summed E-state index contributed by atoms with van der Waals surface area (Å²) in [6, 6.07) is 16.6. The van der Waals surface area contributed by atoms with Crippen LogP contribution in [0.25, 0.3) is 5.57 Å². The Balaban J connectivity index is 2.28. The molecule has 0 aromatic heterocycles. The summed E-state index contributed by atoms with van der Waals surface area (Å²) in [6.45, 7) is 12.9. The first-order valence-corrected chi connectivity index (χ1v) is 10.3. The van der Waals surface area contributed by atoms with Gasteiger partial charge in [-0.3, -0.25) is 0 Å². The molecule has 0 unspecified atom stereocenters. The van der Waals surface area contributed by atoms with Crippen LogP contribution in [-0.4, -0.2) is 8.32 Å². The molecule has 2 heteroatoms. The van der Waals surface area contributed by atoms with E-state index in [0.29, 0.717) is 0 Å². The second-order valence-corrected chi connectivity index (χ2v) is 10.5. The Hall–Kier alpha value is -1.80. The minimum Gasteiger partial charge on any atom is -0.544 e. The summed E-state index contributed by atoms with van der Waals surface area (Å²) >= 11 is 0. The van der Waals surface area contributed by atoms with Gasteiger partial charge in [-0.2, -0.15) is 0 Å². The topological polar surface area (TPSA) is 9.23 Å². The number of hydrogen-bond acceptors (Lipinski definition) is 1. The van der Waals surface area contributed by atoms with E-state index in [-0.39, 0.29) is 0 Å². The Kier molecular flexibility index (Phi) is 4.14. The molecule has 0 aliphatic heterocycles. The fourth-order valence-corrected chi connectivity index (χ4v) is 2.98. The highest BCUT2D eigenvalue weighted by Crippen LogP contribution is 2.28. The van der Waals surface area contributed by atoms with E-state index in [1.807, 2.05) is 18.2 Å². The molecular formula is C18H22OSi. The third-order valence-electron chi connectivity index (χ3n) is 3.06. The number of benzene rings is 2. The highest BCUT2D eigenvalue weighted by molar-refractivity contribution is 6.70. The molecular weight excluding hydrogens is 260 g/mol. The van der Waals surface area contributed by atoms with Crippen molar-refractivity contribution in [2.45, 2.75) is 26.6 Å². The van der Waals surface area contributed by atoms with Crippen molar-refractivity contribution >= 4 is 13.9 Å². The lowest BCUT2D eigenvalue weighted by Crippen LogP contribution is -2.29. The number of rotatable bonds is 4. The number of aryl methyl sites for hydroxylation is 1. The minimum absolute atomic E-state index is 0.994. The molecule has 2 aromatic rings. The van der Waals surface area contributed by atoms with Crippen LogP contribution in [0.1, 0.15) is 16.7 Å². The van der Waals surface area contributed by atoms with Crippen molar-refractivity contribution in [3.8, 4) is 5.75 Å². The van der Waals surface area contributed by atoms with Gasteiger partial charge in [0.2, 0.25) is 8.32 Å². The highest BCUT2D eigenvalue weighted by Gasteiger charge is 2.17. The molecule has 0 amide bonds. The largest absolute Gasteiger partial charge is 0.544 e. The van der Waals surface area contributed by atoms with Crippen molar-refractivity contribution in [3.05, 3.63) is 71.8 Å². The Labute approximate surface area is 123 Å². The molecule has 0 radical (unpaired) electrons. The minimum atomic E-state index is -1.56. The first-order valence-electron chi connectivity index (χ1n) is 6.91. The zero-order valence-corrected chi connectivity index (χ0v) is 13.7. The van der Waals surface area contributed by atoms with Gasteiger partial charge in [-0.25, -0.2) is 0 Å². The molecule has 20 heavy (non-hydrogen) atoms. The molecule has 0 N–H and O–H groups in total. The van der Waals surface area contributed by atoms with Crippen LogP contribution >= 0.6 is 0 Å². The first-order chi connectivity index (χ1) is 9.37. The molecule has 0 saturated carbocycles. The fraction of sp³-hybridized carbons (Fsp3) is 0.222. The van der Waals surface area contributed by atoms with Gasteiger partial charge in [-0.1, -0.05) is 43.0 Å². The van der Waals surface area contributed by atoms with Gasteiger partial charge in [0.25, 0.3) is 0 Å². The molecule has 0 spiro atoms. The maximum atomic E-state index is 6.08. The van der Waals surface area contributed by atoms with Crippen molar-refractivity contribution < 1.29 is 4.43 Å². The lowest BCUT2D eigenvalue weighted by molar-refractivity contribution is 0.553. The molecule has 104 valence electrons. The van der Waals surface area contributed by atoms with Gasteiger partial charge >= 0.3 is 0 Å². The Morgan fingerprint density at radius 1 is 0.950 bits per heavy atom. The summed E-state index contributed by atoms with van der Waals surface area (Å²) in [6.07, 6.45) is 0. The van der Waals surface area contributed by atoms with Crippen molar-refractivity contribution in [1.82, 2.24) is 0 Å². The molecule has 0 bridgehead atoms. The highest BCUT2D eigenvalue weighted by atomic mass is 28.4. The molecule has 0 aliphatic rings. The fourth-order valence-electron chi connectivity index (χ4n) is 2.09. The molecule has 0 fully saturated rings. The molecule has 2 rings (SSSR count). The van der Waals surface area contributed by atoms with Crippen molar-refractivity contribution in [2.75, 3.05) is 0 Å². The van der Waals surface area contributed by atoms with Gasteiger partial charge in [-0.05, 0) is 61.0 Å². The summed E-state index contributed by atoms with van der Waals surface area (Å²) in [4.78, 5) is 0.